The van der Waals surface area contributed by atoms with Crippen molar-refractivity contribution in [3.63, 3.8) is 0 Å². The van der Waals surface area contributed by atoms with Crippen LogP contribution in [0.25, 0.3) is 11.0 Å². The average Bonchev–Trinajstić information content (AvgIpc) is 2.55. The molecule has 18 heavy (non-hydrogen) atoms. The summed E-state index contributed by atoms with van der Waals surface area (Å²) in [6, 6.07) is 3.28. The Balaban J connectivity index is 2.75. The van der Waals surface area contributed by atoms with E-state index in [0.29, 0.717) is 14.9 Å². The summed E-state index contributed by atoms with van der Waals surface area (Å²) >= 11 is 7.30. The molecule has 2 rings (SSSR count). The van der Waals surface area contributed by atoms with Gasteiger partial charge in [0.15, 0.2) is 4.77 Å². The van der Waals surface area contributed by atoms with Crippen LogP contribution in [-0.2, 0) is 10.3 Å². The van der Waals surface area contributed by atoms with Crippen molar-refractivity contribution >= 4 is 45.8 Å². The molecule has 0 fully saturated rings. The third-order valence-corrected chi connectivity index (χ3v) is 3.94. The lowest BCUT2D eigenvalue weighted by molar-refractivity contribution is 0.111. The molecule has 0 amide bonds. The van der Waals surface area contributed by atoms with Crippen molar-refractivity contribution in [2.45, 2.75) is 19.4 Å². The number of hydrogen-bond donors (Lipinski definition) is 1. The van der Waals surface area contributed by atoms with Gasteiger partial charge in [0.05, 0.1) is 26.7 Å². The van der Waals surface area contributed by atoms with Gasteiger partial charge in [-0.2, -0.15) is 0 Å². The van der Waals surface area contributed by atoms with Gasteiger partial charge in [-0.25, -0.2) is 4.39 Å². The van der Waals surface area contributed by atoms with Crippen molar-refractivity contribution in [3.05, 3.63) is 26.3 Å². The van der Waals surface area contributed by atoms with Gasteiger partial charge in [0.2, 0.25) is 0 Å². The molecule has 0 radical (unpaired) electrons. The molecule has 1 aromatic carbocycles. The standard InChI is InChI=1S/C12H14FIN2OS/c1-12(2,6-17-3)16-10-4-7(13)8(14)5-9(10)15-11(16)18/h4-5H,6H2,1-3H3,(H,15,18). The number of fused-ring (bicyclic) bond motifs is 1. The highest BCUT2D eigenvalue weighted by Gasteiger charge is 2.24. The van der Waals surface area contributed by atoms with Crippen LogP contribution in [0.5, 0.6) is 0 Å². The number of ether oxygens (including phenoxy) is 1. The van der Waals surface area contributed by atoms with Crippen molar-refractivity contribution in [3.8, 4) is 0 Å². The Bertz CT molecular complexity index is 647. The second kappa shape index (κ2) is 4.90. The van der Waals surface area contributed by atoms with Gasteiger partial charge < -0.3 is 14.3 Å². The van der Waals surface area contributed by atoms with Gasteiger partial charge in [-0.3, -0.25) is 0 Å². The molecular weight excluding hydrogens is 366 g/mol. The number of halogens is 2. The van der Waals surface area contributed by atoms with Crippen LogP contribution in [0.4, 0.5) is 4.39 Å². The number of rotatable bonds is 3. The summed E-state index contributed by atoms with van der Waals surface area (Å²) in [5.74, 6) is -0.237. The normalized spacial score (nSPS) is 12.3. The Morgan fingerprint density at radius 2 is 2.17 bits per heavy atom. The van der Waals surface area contributed by atoms with Crippen molar-refractivity contribution in [2.24, 2.45) is 0 Å². The first-order valence-electron chi connectivity index (χ1n) is 5.46. The van der Waals surface area contributed by atoms with E-state index in [-0.39, 0.29) is 11.4 Å². The maximum Gasteiger partial charge on any atom is 0.178 e. The largest absolute Gasteiger partial charge is 0.382 e. The van der Waals surface area contributed by atoms with Crippen LogP contribution in [0.1, 0.15) is 13.8 Å². The molecule has 1 aromatic heterocycles. The van der Waals surface area contributed by atoms with Gasteiger partial charge in [0.25, 0.3) is 0 Å². The summed E-state index contributed by atoms with van der Waals surface area (Å²) in [6.45, 7) is 4.52. The van der Waals surface area contributed by atoms with Crippen LogP contribution in [0.3, 0.4) is 0 Å². The van der Waals surface area contributed by atoms with Gasteiger partial charge in [-0.05, 0) is 54.7 Å². The number of benzene rings is 1. The van der Waals surface area contributed by atoms with E-state index in [0.717, 1.165) is 11.0 Å². The monoisotopic (exact) mass is 380 g/mol. The zero-order chi connectivity index (χ0) is 13.5. The molecule has 3 nitrogen and oxygen atoms in total. The first kappa shape index (κ1) is 14.0. The topological polar surface area (TPSA) is 29.9 Å². The quantitative estimate of drug-likeness (QED) is 0.648. The first-order chi connectivity index (χ1) is 8.36. The van der Waals surface area contributed by atoms with Gasteiger partial charge in [0.1, 0.15) is 5.82 Å². The summed E-state index contributed by atoms with van der Waals surface area (Å²) in [5.41, 5.74) is 1.28. The van der Waals surface area contributed by atoms with Gasteiger partial charge in [-0.1, -0.05) is 0 Å². The van der Waals surface area contributed by atoms with Crippen LogP contribution >= 0.6 is 34.8 Å². The predicted octanol–water partition coefficient (Wildman–Crippen LogP) is 3.82. The lowest BCUT2D eigenvalue weighted by atomic mass is 10.1. The van der Waals surface area contributed by atoms with Crippen LogP contribution < -0.4 is 0 Å². The number of aromatic nitrogens is 2. The molecule has 1 N–H and O–H groups in total. The van der Waals surface area contributed by atoms with Crippen LogP contribution in [-0.4, -0.2) is 23.3 Å². The van der Waals surface area contributed by atoms with E-state index in [4.69, 9.17) is 17.0 Å². The van der Waals surface area contributed by atoms with E-state index in [1.165, 1.54) is 6.07 Å². The molecule has 0 bridgehead atoms. The predicted molar refractivity (Wildman–Crippen MR) is 81.0 cm³/mol. The van der Waals surface area contributed by atoms with Gasteiger partial charge >= 0.3 is 0 Å². The van der Waals surface area contributed by atoms with Gasteiger partial charge in [0, 0.05) is 13.2 Å². The maximum absolute atomic E-state index is 13.7. The third kappa shape index (κ3) is 2.33. The third-order valence-electron chi connectivity index (χ3n) is 2.83. The summed E-state index contributed by atoms with van der Waals surface area (Å²) in [6.07, 6.45) is 0. The van der Waals surface area contributed by atoms with E-state index in [1.807, 2.05) is 41.0 Å². The number of methoxy groups -OCH3 is 1. The Morgan fingerprint density at radius 1 is 1.50 bits per heavy atom. The Labute approximate surface area is 123 Å². The van der Waals surface area contributed by atoms with Crippen molar-refractivity contribution < 1.29 is 9.13 Å². The zero-order valence-corrected chi connectivity index (χ0v) is 13.4. The molecule has 1 heterocycles. The minimum absolute atomic E-state index is 0.237. The van der Waals surface area contributed by atoms with E-state index in [9.17, 15) is 4.39 Å². The van der Waals surface area contributed by atoms with E-state index in [1.54, 1.807) is 13.2 Å². The van der Waals surface area contributed by atoms with Crippen LogP contribution in [0, 0.1) is 14.2 Å². The van der Waals surface area contributed by atoms with Gasteiger partial charge in [-0.15, -0.1) is 0 Å². The second-order valence-electron chi connectivity index (χ2n) is 4.79. The van der Waals surface area contributed by atoms with Crippen molar-refractivity contribution in [2.75, 3.05) is 13.7 Å². The highest BCUT2D eigenvalue weighted by molar-refractivity contribution is 14.1. The van der Waals surface area contributed by atoms with E-state index in [2.05, 4.69) is 4.98 Å². The number of H-pyrrole nitrogens is 1. The summed E-state index contributed by atoms with van der Waals surface area (Å²) in [7, 11) is 1.64. The number of imidazole rings is 1. The second-order valence-corrected chi connectivity index (χ2v) is 6.34. The Hall–Kier alpha value is -0.470. The number of nitrogens with one attached hydrogen (secondary N) is 1. The van der Waals surface area contributed by atoms with Crippen molar-refractivity contribution in [1.82, 2.24) is 9.55 Å². The molecular formula is C12H14FIN2OS. The molecule has 0 aliphatic carbocycles. The van der Waals surface area contributed by atoms with Crippen LogP contribution in [0.2, 0.25) is 0 Å². The number of aromatic amines is 1. The summed E-state index contributed by atoms with van der Waals surface area (Å²) in [5, 5.41) is 0. The molecule has 2 aromatic rings. The van der Waals surface area contributed by atoms with Crippen molar-refractivity contribution in [1.29, 1.82) is 0 Å². The van der Waals surface area contributed by atoms with Crippen LogP contribution in [0.15, 0.2) is 12.1 Å². The van der Waals surface area contributed by atoms with E-state index < -0.39 is 0 Å². The lowest BCUT2D eigenvalue weighted by Gasteiger charge is -2.26. The lowest BCUT2D eigenvalue weighted by Crippen LogP contribution is -2.31. The SMILES string of the molecule is COCC(C)(C)n1c(=S)[nH]c2cc(I)c(F)cc21. The molecule has 98 valence electrons. The average molecular weight is 380 g/mol. The molecule has 6 heteroatoms. The maximum atomic E-state index is 13.7. The molecule has 0 unspecified atom stereocenters. The molecule has 0 aliphatic rings. The number of nitrogens with zero attached hydrogens (tertiary/aromatic N) is 1. The Kier molecular flexibility index (Phi) is 3.80. The minimum Gasteiger partial charge on any atom is -0.382 e. The summed E-state index contributed by atoms with van der Waals surface area (Å²) < 4.78 is 22.0. The number of hydrogen-bond acceptors (Lipinski definition) is 2. The highest BCUT2D eigenvalue weighted by Crippen LogP contribution is 2.26. The highest BCUT2D eigenvalue weighted by atomic mass is 127. The smallest absolute Gasteiger partial charge is 0.178 e. The molecule has 0 spiro atoms. The fourth-order valence-corrected chi connectivity index (χ4v) is 3.04. The molecule has 0 saturated heterocycles. The van der Waals surface area contributed by atoms with E-state index >= 15 is 0 Å². The molecule has 0 atom stereocenters. The molecule has 0 saturated carbocycles. The zero-order valence-electron chi connectivity index (χ0n) is 10.4. The first-order valence-corrected chi connectivity index (χ1v) is 6.95. The molecule has 0 aliphatic heterocycles. The fourth-order valence-electron chi connectivity index (χ4n) is 2.12. The fraction of sp³-hybridized carbons (Fsp3) is 0.417. The Morgan fingerprint density at radius 3 is 2.78 bits per heavy atom. The minimum atomic E-state index is -0.330. The summed E-state index contributed by atoms with van der Waals surface area (Å²) in [4.78, 5) is 3.11.